The summed E-state index contributed by atoms with van der Waals surface area (Å²) in [5, 5.41) is 8.11. The van der Waals surface area contributed by atoms with Crippen molar-refractivity contribution in [2.75, 3.05) is 0 Å². The Morgan fingerprint density at radius 2 is 2.67 bits per heavy atom. The molecule has 0 saturated heterocycles. The van der Waals surface area contributed by atoms with E-state index >= 15 is 0 Å². The average Bonchev–Trinajstić information content (AvgIpc) is 2.37. The molecule has 0 bridgehead atoms. The Morgan fingerprint density at radius 1 is 1.89 bits per heavy atom. The van der Waals surface area contributed by atoms with E-state index in [9.17, 15) is 4.79 Å². The molecule has 48 valence electrons. The Balaban J connectivity index is 2.76. The van der Waals surface area contributed by atoms with Crippen molar-refractivity contribution in [2.45, 2.75) is 12.8 Å². The fraction of sp³-hybridized carbons (Fsp3) is 0.400. The fourth-order valence-electron chi connectivity index (χ4n) is 0.438. The third kappa shape index (κ3) is 1.32. The van der Waals surface area contributed by atoms with Crippen molar-refractivity contribution in [3.8, 4) is 0 Å². The number of nitrogens with zero attached hydrogens (tertiary/aromatic N) is 2. The van der Waals surface area contributed by atoms with Crippen molar-refractivity contribution in [3.05, 3.63) is 10.5 Å². The van der Waals surface area contributed by atoms with Gasteiger partial charge in [-0.25, -0.2) is 0 Å². The highest BCUT2D eigenvalue weighted by molar-refractivity contribution is 7.09. The molecule has 1 aromatic rings. The topological polar surface area (TPSA) is 42.9 Å². The quantitative estimate of drug-likeness (QED) is 0.575. The molecule has 1 heterocycles. The molecule has 0 spiro atoms. The molecule has 0 aliphatic heterocycles. The summed E-state index contributed by atoms with van der Waals surface area (Å²) < 4.78 is 0. The molecule has 1 rings (SSSR count). The van der Waals surface area contributed by atoms with E-state index in [1.807, 2.05) is 0 Å². The first-order valence-electron chi connectivity index (χ1n) is 2.56. The zero-order valence-electron chi connectivity index (χ0n) is 4.94. The minimum Gasteiger partial charge on any atom is -0.303 e. The van der Waals surface area contributed by atoms with E-state index in [1.54, 1.807) is 12.4 Å². The second-order valence-electron chi connectivity index (χ2n) is 1.70. The minimum atomic E-state index is -0.0995. The van der Waals surface area contributed by atoms with Crippen LogP contribution in [0.25, 0.3) is 0 Å². The summed E-state index contributed by atoms with van der Waals surface area (Å²) in [7, 11) is 0. The Labute approximate surface area is 56.7 Å². The Bertz CT molecular complexity index is 185. The monoisotopic (exact) mass is 142 g/mol. The normalized spacial score (nSPS) is 13.0. The minimum absolute atomic E-state index is 0.0995. The van der Waals surface area contributed by atoms with Crippen molar-refractivity contribution >= 4 is 17.6 Å². The zero-order chi connectivity index (χ0) is 6.69. The Hall–Kier alpha value is -0.770. The van der Waals surface area contributed by atoms with Crippen molar-refractivity contribution < 1.29 is 4.79 Å². The summed E-state index contributed by atoms with van der Waals surface area (Å²) in [6.45, 7) is 1.80. The molecule has 0 amide bonds. The van der Waals surface area contributed by atoms with Gasteiger partial charge in [-0.2, -0.15) is 0 Å². The van der Waals surface area contributed by atoms with Gasteiger partial charge >= 0.3 is 0 Å². The number of carbonyl (C=O) groups excluding carboxylic acids is 1. The molecule has 1 unspecified atom stereocenters. The van der Waals surface area contributed by atoms with Crippen molar-refractivity contribution in [1.82, 2.24) is 10.2 Å². The molecule has 0 radical (unpaired) electrons. The maximum Gasteiger partial charge on any atom is 0.129 e. The first-order valence-corrected chi connectivity index (χ1v) is 3.44. The molecule has 0 fully saturated rings. The molecule has 0 aliphatic rings. The van der Waals surface area contributed by atoms with Gasteiger partial charge in [-0.1, -0.05) is 0 Å². The molecular weight excluding hydrogens is 136 g/mol. The predicted octanol–water partition coefficient (Wildman–Crippen LogP) is 0.841. The van der Waals surface area contributed by atoms with Crippen LogP contribution in [0.5, 0.6) is 0 Å². The molecule has 0 aromatic carbocycles. The van der Waals surface area contributed by atoms with Crippen molar-refractivity contribution in [1.29, 1.82) is 0 Å². The van der Waals surface area contributed by atoms with E-state index in [2.05, 4.69) is 10.2 Å². The van der Waals surface area contributed by atoms with Crippen LogP contribution in [0.1, 0.15) is 17.8 Å². The fourth-order valence-corrected chi connectivity index (χ4v) is 1.00. The van der Waals surface area contributed by atoms with Gasteiger partial charge in [0.25, 0.3) is 0 Å². The van der Waals surface area contributed by atoms with Crippen LogP contribution in [0.4, 0.5) is 0 Å². The molecule has 9 heavy (non-hydrogen) atoms. The third-order valence-electron chi connectivity index (χ3n) is 0.971. The number of aromatic nitrogens is 2. The number of rotatable bonds is 2. The van der Waals surface area contributed by atoms with E-state index in [0.29, 0.717) is 0 Å². The lowest BCUT2D eigenvalue weighted by molar-refractivity contribution is -0.108. The molecule has 4 heteroatoms. The molecule has 0 N–H and O–H groups in total. The smallest absolute Gasteiger partial charge is 0.129 e. The molecule has 1 atom stereocenters. The standard InChI is InChI=1S/C5H6N2OS/c1-4(2-8)5-7-6-3-9-5/h2-4H,1H3. The van der Waals surface area contributed by atoms with Gasteiger partial charge in [-0.05, 0) is 6.92 Å². The van der Waals surface area contributed by atoms with Crippen molar-refractivity contribution in [2.24, 2.45) is 0 Å². The molecular formula is C5H6N2OS. The molecule has 0 aliphatic carbocycles. The van der Waals surface area contributed by atoms with Crippen LogP contribution in [-0.4, -0.2) is 16.5 Å². The first-order chi connectivity index (χ1) is 4.34. The summed E-state index contributed by atoms with van der Waals surface area (Å²) >= 11 is 1.40. The maximum absolute atomic E-state index is 10.1. The summed E-state index contributed by atoms with van der Waals surface area (Å²) in [6.07, 6.45) is 0.862. The van der Waals surface area contributed by atoms with Crippen LogP contribution in [-0.2, 0) is 4.79 Å². The van der Waals surface area contributed by atoms with Gasteiger partial charge < -0.3 is 4.79 Å². The van der Waals surface area contributed by atoms with E-state index < -0.39 is 0 Å². The van der Waals surface area contributed by atoms with Gasteiger partial charge in [0.1, 0.15) is 16.8 Å². The highest BCUT2D eigenvalue weighted by Gasteiger charge is 2.05. The van der Waals surface area contributed by atoms with E-state index in [4.69, 9.17) is 0 Å². The second kappa shape index (κ2) is 2.68. The zero-order valence-corrected chi connectivity index (χ0v) is 5.76. The summed E-state index contributed by atoms with van der Waals surface area (Å²) in [6, 6.07) is 0. The second-order valence-corrected chi connectivity index (χ2v) is 2.57. The van der Waals surface area contributed by atoms with Crippen molar-refractivity contribution in [3.63, 3.8) is 0 Å². The van der Waals surface area contributed by atoms with Crippen LogP contribution >= 0.6 is 11.3 Å². The van der Waals surface area contributed by atoms with E-state index in [0.717, 1.165) is 11.3 Å². The van der Waals surface area contributed by atoms with Gasteiger partial charge in [0.05, 0.1) is 5.92 Å². The highest BCUT2D eigenvalue weighted by Crippen LogP contribution is 2.12. The van der Waals surface area contributed by atoms with Crippen LogP contribution in [0.15, 0.2) is 5.51 Å². The highest BCUT2D eigenvalue weighted by atomic mass is 32.1. The van der Waals surface area contributed by atoms with Gasteiger partial charge in [0.15, 0.2) is 0 Å². The largest absolute Gasteiger partial charge is 0.303 e. The lowest BCUT2D eigenvalue weighted by Gasteiger charge is -1.91. The third-order valence-corrected chi connectivity index (χ3v) is 1.87. The van der Waals surface area contributed by atoms with Gasteiger partial charge in [0, 0.05) is 0 Å². The van der Waals surface area contributed by atoms with E-state index in [-0.39, 0.29) is 5.92 Å². The van der Waals surface area contributed by atoms with Crippen LogP contribution < -0.4 is 0 Å². The summed E-state index contributed by atoms with van der Waals surface area (Å²) in [5.74, 6) is -0.0995. The molecule has 3 nitrogen and oxygen atoms in total. The Kier molecular flexibility index (Phi) is 1.89. The van der Waals surface area contributed by atoms with Gasteiger partial charge in [0.2, 0.25) is 0 Å². The molecule has 0 saturated carbocycles. The van der Waals surface area contributed by atoms with Crippen LogP contribution in [0.3, 0.4) is 0 Å². The summed E-state index contributed by atoms with van der Waals surface area (Å²) in [4.78, 5) is 10.1. The predicted molar refractivity (Wildman–Crippen MR) is 34.4 cm³/mol. The van der Waals surface area contributed by atoms with Crippen LogP contribution in [0, 0.1) is 0 Å². The number of aldehydes is 1. The summed E-state index contributed by atoms with van der Waals surface area (Å²) in [5.41, 5.74) is 1.62. The number of hydrogen-bond donors (Lipinski definition) is 0. The lowest BCUT2D eigenvalue weighted by atomic mass is 10.2. The maximum atomic E-state index is 10.1. The number of hydrogen-bond acceptors (Lipinski definition) is 4. The average molecular weight is 142 g/mol. The molecule has 1 aromatic heterocycles. The number of carbonyl (C=O) groups is 1. The Morgan fingerprint density at radius 3 is 3.11 bits per heavy atom. The van der Waals surface area contributed by atoms with Gasteiger partial charge in [-0.3, -0.25) is 0 Å². The van der Waals surface area contributed by atoms with E-state index in [1.165, 1.54) is 11.3 Å². The lowest BCUT2D eigenvalue weighted by Crippen LogP contribution is -1.92. The SMILES string of the molecule is CC(C=O)c1nncs1. The first kappa shape index (κ1) is 6.35. The van der Waals surface area contributed by atoms with Gasteiger partial charge in [-0.15, -0.1) is 21.5 Å². The van der Waals surface area contributed by atoms with Crippen LogP contribution in [0.2, 0.25) is 0 Å².